The van der Waals surface area contributed by atoms with Gasteiger partial charge in [-0.2, -0.15) is 10.5 Å². The Morgan fingerprint density at radius 1 is 1.43 bits per heavy atom. The summed E-state index contributed by atoms with van der Waals surface area (Å²) in [4.78, 5) is 15.8. The topological polar surface area (TPSA) is 118 Å². The minimum atomic E-state index is -0.559. The van der Waals surface area contributed by atoms with Crippen LogP contribution in [0.3, 0.4) is 0 Å². The van der Waals surface area contributed by atoms with Gasteiger partial charge in [0, 0.05) is 0 Å². The molecule has 0 atom stereocenters. The normalized spacial score (nSPS) is 9.67. The number of aromatic nitrogens is 2. The highest BCUT2D eigenvalue weighted by Crippen LogP contribution is 2.25. The quantitative estimate of drug-likeness (QED) is 0.670. The third-order valence-electron chi connectivity index (χ3n) is 2.78. The van der Waals surface area contributed by atoms with Gasteiger partial charge in [-0.25, -0.2) is 9.78 Å². The molecule has 0 unspecified atom stereocenters. The number of carbonyl (C=O) groups is 1. The number of imidazole rings is 1. The van der Waals surface area contributed by atoms with E-state index in [1.54, 1.807) is 19.1 Å². The number of anilines is 1. The van der Waals surface area contributed by atoms with Crippen LogP contribution in [-0.4, -0.2) is 22.1 Å². The van der Waals surface area contributed by atoms with Crippen LogP contribution >= 0.6 is 0 Å². The number of esters is 1. The van der Waals surface area contributed by atoms with Gasteiger partial charge in [-0.15, -0.1) is 0 Å². The van der Waals surface area contributed by atoms with Crippen molar-refractivity contribution < 1.29 is 9.53 Å². The van der Waals surface area contributed by atoms with Crippen LogP contribution in [-0.2, 0) is 4.74 Å². The Bertz CT molecular complexity index is 780. The Hall–Kier alpha value is -3.32. The van der Waals surface area contributed by atoms with E-state index in [0.717, 1.165) is 0 Å². The molecule has 1 aromatic carbocycles. The van der Waals surface area contributed by atoms with Crippen LogP contribution in [0.4, 0.5) is 5.69 Å². The smallest absolute Gasteiger partial charge is 0.340 e. The first-order valence-electron chi connectivity index (χ1n) is 6.07. The molecule has 1 heterocycles. The zero-order chi connectivity index (χ0) is 15.4. The van der Waals surface area contributed by atoms with Gasteiger partial charge >= 0.3 is 5.97 Å². The molecule has 0 aliphatic heterocycles. The van der Waals surface area contributed by atoms with E-state index in [4.69, 9.17) is 15.7 Å². The first kappa shape index (κ1) is 14.1. The van der Waals surface area contributed by atoms with Gasteiger partial charge in [-0.1, -0.05) is 6.07 Å². The zero-order valence-electron chi connectivity index (χ0n) is 11.2. The molecule has 0 amide bonds. The average Bonchev–Trinajstić information content (AvgIpc) is 2.89. The first-order valence-corrected chi connectivity index (χ1v) is 6.07. The molecule has 7 heteroatoms. The summed E-state index contributed by atoms with van der Waals surface area (Å²) in [5.74, 6) is -0.559. The van der Waals surface area contributed by atoms with Crippen LogP contribution in [0.15, 0.2) is 24.5 Å². The zero-order valence-corrected chi connectivity index (χ0v) is 11.2. The minimum absolute atomic E-state index is 0.0148. The molecule has 0 aliphatic rings. The van der Waals surface area contributed by atoms with Gasteiger partial charge in [0.25, 0.3) is 0 Å². The molecule has 0 radical (unpaired) electrons. The fourth-order valence-corrected chi connectivity index (χ4v) is 1.91. The molecule has 0 bridgehead atoms. The van der Waals surface area contributed by atoms with E-state index in [9.17, 15) is 10.1 Å². The van der Waals surface area contributed by atoms with Crippen molar-refractivity contribution in [3.8, 4) is 17.8 Å². The Labute approximate surface area is 120 Å². The highest BCUT2D eigenvalue weighted by atomic mass is 16.5. The van der Waals surface area contributed by atoms with E-state index in [1.807, 2.05) is 12.1 Å². The summed E-state index contributed by atoms with van der Waals surface area (Å²) < 4.78 is 6.30. The van der Waals surface area contributed by atoms with Gasteiger partial charge in [0.1, 0.15) is 18.5 Å². The van der Waals surface area contributed by atoms with Crippen LogP contribution in [0.2, 0.25) is 0 Å². The van der Waals surface area contributed by atoms with Crippen LogP contribution in [0.25, 0.3) is 5.69 Å². The number of nitriles is 2. The van der Waals surface area contributed by atoms with Crippen molar-refractivity contribution in [3.05, 3.63) is 41.5 Å². The molecule has 2 rings (SSSR count). The van der Waals surface area contributed by atoms with E-state index in [1.165, 1.54) is 17.0 Å². The van der Waals surface area contributed by atoms with Crippen molar-refractivity contribution in [1.82, 2.24) is 9.55 Å². The lowest BCUT2D eigenvalue weighted by Gasteiger charge is -2.12. The molecule has 0 saturated heterocycles. The Kier molecular flexibility index (Phi) is 3.87. The van der Waals surface area contributed by atoms with Gasteiger partial charge in [0.2, 0.25) is 0 Å². The minimum Gasteiger partial charge on any atom is -0.462 e. The lowest BCUT2D eigenvalue weighted by Crippen LogP contribution is -2.12. The number of hydrogen-bond donors (Lipinski definition) is 1. The summed E-state index contributed by atoms with van der Waals surface area (Å²) in [7, 11) is 0. The number of hydrogen-bond acceptors (Lipinski definition) is 6. The SMILES string of the molecule is CCOC(=O)c1cccc(N)c1-n1cnc(C#N)c1C#N. The average molecular weight is 281 g/mol. The van der Waals surface area contributed by atoms with E-state index < -0.39 is 5.97 Å². The van der Waals surface area contributed by atoms with Crippen LogP contribution in [0, 0.1) is 22.7 Å². The predicted molar refractivity (Wildman–Crippen MR) is 73.4 cm³/mol. The summed E-state index contributed by atoms with van der Waals surface area (Å²) in [5, 5.41) is 18.1. The maximum atomic E-state index is 12.0. The molecule has 0 aliphatic carbocycles. The summed E-state index contributed by atoms with van der Waals surface area (Å²) in [6.45, 7) is 1.90. The van der Waals surface area contributed by atoms with Crippen LogP contribution in [0.1, 0.15) is 28.7 Å². The van der Waals surface area contributed by atoms with E-state index in [0.29, 0.717) is 0 Å². The number of rotatable bonds is 3. The Morgan fingerprint density at radius 3 is 2.81 bits per heavy atom. The number of ether oxygens (including phenoxy) is 1. The molecular weight excluding hydrogens is 270 g/mol. The molecule has 1 aromatic heterocycles. The number of carbonyl (C=O) groups excluding carboxylic acids is 1. The molecular formula is C14H11N5O2. The molecule has 7 nitrogen and oxygen atoms in total. The lowest BCUT2D eigenvalue weighted by atomic mass is 10.1. The van der Waals surface area contributed by atoms with Crippen molar-refractivity contribution in [2.75, 3.05) is 12.3 Å². The van der Waals surface area contributed by atoms with Gasteiger partial charge in [-0.05, 0) is 19.1 Å². The van der Waals surface area contributed by atoms with Gasteiger partial charge in [0.15, 0.2) is 11.4 Å². The number of nitrogens with two attached hydrogens (primary N) is 1. The third-order valence-corrected chi connectivity index (χ3v) is 2.78. The molecule has 104 valence electrons. The van der Waals surface area contributed by atoms with Gasteiger partial charge < -0.3 is 10.5 Å². The maximum absolute atomic E-state index is 12.0. The monoisotopic (exact) mass is 281 g/mol. The fourth-order valence-electron chi connectivity index (χ4n) is 1.91. The third kappa shape index (κ3) is 2.40. The second kappa shape index (κ2) is 5.76. The molecule has 0 saturated carbocycles. The Balaban J connectivity index is 2.70. The Morgan fingerprint density at radius 2 is 2.19 bits per heavy atom. The number of nitrogens with zero attached hydrogens (tertiary/aromatic N) is 4. The molecule has 21 heavy (non-hydrogen) atoms. The predicted octanol–water partition coefficient (Wildman–Crippen LogP) is 1.37. The maximum Gasteiger partial charge on any atom is 0.340 e. The van der Waals surface area contributed by atoms with Crippen molar-refractivity contribution in [3.63, 3.8) is 0 Å². The second-order valence-corrected chi connectivity index (χ2v) is 4.00. The summed E-state index contributed by atoms with van der Waals surface area (Å²) in [5.41, 5.74) is 6.66. The number of nitrogen functional groups attached to an aromatic ring is 1. The van der Waals surface area contributed by atoms with Crippen molar-refractivity contribution in [2.24, 2.45) is 0 Å². The fraction of sp³-hybridized carbons (Fsp3) is 0.143. The van der Waals surface area contributed by atoms with Crippen LogP contribution in [0.5, 0.6) is 0 Å². The van der Waals surface area contributed by atoms with Crippen molar-refractivity contribution in [2.45, 2.75) is 6.92 Å². The van der Waals surface area contributed by atoms with Crippen LogP contribution < -0.4 is 5.73 Å². The largest absolute Gasteiger partial charge is 0.462 e. The number of para-hydroxylation sites is 1. The summed E-state index contributed by atoms with van der Waals surface area (Å²) in [6, 6.07) is 8.45. The van der Waals surface area contributed by atoms with Gasteiger partial charge in [0.05, 0.1) is 23.5 Å². The standard InChI is InChI=1S/C14H11N5O2/c1-2-21-14(20)9-4-3-5-10(17)13(9)19-8-18-11(6-15)12(19)7-16/h3-5,8H,2,17H2,1H3. The summed E-state index contributed by atoms with van der Waals surface area (Å²) >= 11 is 0. The summed E-state index contributed by atoms with van der Waals surface area (Å²) in [6.07, 6.45) is 1.28. The van der Waals surface area contributed by atoms with Crippen molar-refractivity contribution in [1.29, 1.82) is 10.5 Å². The molecule has 0 fully saturated rings. The lowest BCUT2D eigenvalue weighted by molar-refractivity contribution is 0.0526. The highest BCUT2D eigenvalue weighted by Gasteiger charge is 2.20. The van der Waals surface area contributed by atoms with Crippen molar-refractivity contribution >= 4 is 11.7 Å². The highest BCUT2D eigenvalue weighted by molar-refractivity contribution is 5.96. The van der Waals surface area contributed by atoms with E-state index in [-0.39, 0.29) is 34.9 Å². The van der Waals surface area contributed by atoms with E-state index in [2.05, 4.69) is 4.98 Å². The van der Waals surface area contributed by atoms with Gasteiger partial charge in [-0.3, -0.25) is 4.57 Å². The molecule has 2 aromatic rings. The number of benzene rings is 1. The molecule has 2 N–H and O–H groups in total. The molecule has 0 spiro atoms. The van der Waals surface area contributed by atoms with E-state index >= 15 is 0 Å². The second-order valence-electron chi connectivity index (χ2n) is 4.00. The first-order chi connectivity index (χ1) is 10.1.